The summed E-state index contributed by atoms with van der Waals surface area (Å²) in [6.45, 7) is 4.25. The molecule has 0 heterocycles. The summed E-state index contributed by atoms with van der Waals surface area (Å²) in [4.78, 5) is 11.9. The third-order valence-electron chi connectivity index (χ3n) is 3.99. The number of aryl methyl sites for hydroxylation is 1. The molecule has 0 atom stereocenters. The second-order valence-electron chi connectivity index (χ2n) is 5.77. The molecular weight excluding hydrogens is 354 g/mol. The molecule has 0 aliphatic carbocycles. The molecule has 0 bridgehead atoms. The van der Waals surface area contributed by atoms with Crippen LogP contribution in [0, 0.1) is 6.92 Å². The second-order valence-corrected chi connectivity index (χ2v) is 7.82. The summed E-state index contributed by atoms with van der Waals surface area (Å²) in [5, 5.41) is 0. The lowest BCUT2D eigenvalue weighted by molar-refractivity contribution is 0.0599. The highest BCUT2D eigenvalue weighted by Crippen LogP contribution is 2.24. The minimum atomic E-state index is -3.78. The maximum Gasteiger partial charge on any atom is 0.338 e. The molecule has 0 spiro atoms. The van der Waals surface area contributed by atoms with Crippen LogP contribution >= 0.6 is 0 Å². The molecule has 0 radical (unpaired) electrons. The summed E-state index contributed by atoms with van der Waals surface area (Å²) in [5.74, 6) is 0.0834. The first-order valence-corrected chi connectivity index (χ1v) is 9.61. The maximum atomic E-state index is 12.9. The number of hydrogen-bond donors (Lipinski definition) is 0. The largest absolute Gasteiger partial charge is 0.494 e. The van der Waals surface area contributed by atoms with Crippen LogP contribution in [0.15, 0.2) is 47.4 Å². The Hall–Kier alpha value is -2.38. The summed E-state index contributed by atoms with van der Waals surface area (Å²) < 4.78 is 37.3. The lowest BCUT2D eigenvalue weighted by Gasteiger charge is -2.19. The zero-order valence-corrected chi connectivity index (χ0v) is 16.2. The van der Waals surface area contributed by atoms with Gasteiger partial charge in [0.1, 0.15) is 5.75 Å². The molecule has 0 aromatic heterocycles. The van der Waals surface area contributed by atoms with Crippen molar-refractivity contribution in [2.24, 2.45) is 0 Å². The van der Waals surface area contributed by atoms with Crippen molar-refractivity contribution in [1.82, 2.24) is 4.31 Å². The summed E-state index contributed by atoms with van der Waals surface area (Å²) >= 11 is 0. The number of nitrogens with zero attached hydrogens (tertiary/aromatic N) is 1. The fraction of sp³-hybridized carbons (Fsp3) is 0.316. The monoisotopic (exact) mass is 377 g/mol. The summed E-state index contributed by atoms with van der Waals surface area (Å²) in [6.07, 6.45) is 0. The quantitative estimate of drug-likeness (QED) is 0.694. The van der Waals surface area contributed by atoms with E-state index in [1.54, 1.807) is 19.1 Å². The first-order valence-electron chi connectivity index (χ1n) is 8.17. The van der Waals surface area contributed by atoms with Crippen molar-refractivity contribution in [3.8, 4) is 5.75 Å². The molecule has 0 amide bonds. The first-order chi connectivity index (χ1) is 12.3. The maximum absolute atomic E-state index is 12.9. The van der Waals surface area contributed by atoms with Gasteiger partial charge in [-0.15, -0.1) is 0 Å². The van der Waals surface area contributed by atoms with Gasteiger partial charge in [-0.3, -0.25) is 0 Å². The van der Waals surface area contributed by atoms with Gasteiger partial charge in [0.15, 0.2) is 0 Å². The van der Waals surface area contributed by atoms with Crippen LogP contribution in [0.1, 0.15) is 28.4 Å². The molecule has 140 valence electrons. The van der Waals surface area contributed by atoms with Gasteiger partial charge in [-0.05, 0) is 37.6 Å². The Morgan fingerprint density at radius 2 is 1.85 bits per heavy atom. The lowest BCUT2D eigenvalue weighted by Crippen LogP contribution is -2.27. The van der Waals surface area contributed by atoms with Gasteiger partial charge in [0.05, 0.1) is 24.2 Å². The minimum Gasteiger partial charge on any atom is -0.494 e. The normalized spacial score (nSPS) is 11.4. The van der Waals surface area contributed by atoms with Gasteiger partial charge in [0, 0.05) is 19.2 Å². The number of sulfonamides is 1. The van der Waals surface area contributed by atoms with E-state index in [2.05, 4.69) is 0 Å². The highest BCUT2D eigenvalue weighted by atomic mass is 32.2. The van der Waals surface area contributed by atoms with Gasteiger partial charge in [-0.2, -0.15) is 4.31 Å². The lowest BCUT2D eigenvalue weighted by atomic mass is 10.1. The summed E-state index contributed by atoms with van der Waals surface area (Å²) in [6, 6.07) is 11.7. The molecule has 0 saturated heterocycles. The van der Waals surface area contributed by atoms with Crippen molar-refractivity contribution in [1.29, 1.82) is 0 Å². The van der Waals surface area contributed by atoms with Crippen molar-refractivity contribution in [2.75, 3.05) is 20.8 Å². The van der Waals surface area contributed by atoms with Crippen LogP contribution in [-0.2, 0) is 21.3 Å². The number of ether oxygens (including phenoxy) is 2. The molecule has 2 aromatic rings. The van der Waals surface area contributed by atoms with Crippen molar-refractivity contribution < 1.29 is 22.7 Å². The molecule has 2 aromatic carbocycles. The van der Waals surface area contributed by atoms with Gasteiger partial charge < -0.3 is 9.47 Å². The standard InChI is InChI=1S/C19H23NO5S/c1-5-25-18-9-7-6-8-15(18)13-20(3)26(22,23)16-11-10-14(2)17(12-16)19(21)24-4/h6-12H,5,13H2,1-4H3. The van der Waals surface area contributed by atoms with Gasteiger partial charge in [0.25, 0.3) is 0 Å². The second kappa shape index (κ2) is 8.33. The van der Waals surface area contributed by atoms with E-state index in [1.807, 2.05) is 25.1 Å². The Balaban J connectivity index is 2.34. The average molecular weight is 377 g/mol. The van der Waals surface area contributed by atoms with E-state index in [0.717, 1.165) is 5.56 Å². The molecule has 0 saturated carbocycles. The number of hydrogen-bond acceptors (Lipinski definition) is 5. The number of carbonyl (C=O) groups excluding carboxylic acids is 1. The third kappa shape index (κ3) is 4.23. The molecule has 6 nitrogen and oxygen atoms in total. The fourth-order valence-electron chi connectivity index (χ4n) is 2.53. The van der Waals surface area contributed by atoms with E-state index in [9.17, 15) is 13.2 Å². The van der Waals surface area contributed by atoms with E-state index < -0.39 is 16.0 Å². The number of benzene rings is 2. The summed E-state index contributed by atoms with van der Waals surface area (Å²) in [5.41, 5.74) is 1.65. The Kier molecular flexibility index (Phi) is 6.39. The van der Waals surface area contributed by atoms with Gasteiger partial charge in [-0.1, -0.05) is 24.3 Å². The third-order valence-corrected chi connectivity index (χ3v) is 5.79. The predicted octanol–water partition coefficient (Wildman–Crippen LogP) is 3.00. The number of esters is 1. The fourth-order valence-corrected chi connectivity index (χ4v) is 3.70. The van der Waals surface area contributed by atoms with Crippen LogP contribution in [0.4, 0.5) is 0 Å². The minimum absolute atomic E-state index is 0.0416. The number of methoxy groups -OCH3 is 1. The highest BCUT2D eigenvalue weighted by molar-refractivity contribution is 7.89. The smallest absolute Gasteiger partial charge is 0.338 e. The number of rotatable bonds is 7. The van der Waals surface area contributed by atoms with Crippen molar-refractivity contribution in [3.63, 3.8) is 0 Å². The van der Waals surface area contributed by atoms with E-state index in [-0.39, 0.29) is 17.0 Å². The zero-order chi connectivity index (χ0) is 19.3. The van der Waals surface area contributed by atoms with Gasteiger partial charge in [0.2, 0.25) is 10.0 Å². The Bertz CT molecular complexity index is 893. The molecule has 0 N–H and O–H groups in total. The number of carbonyl (C=O) groups is 1. The van der Waals surface area contributed by atoms with Crippen LogP contribution < -0.4 is 4.74 Å². The first kappa shape index (κ1) is 19.9. The molecule has 26 heavy (non-hydrogen) atoms. The van der Waals surface area contributed by atoms with E-state index in [4.69, 9.17) is 9.47 Å². The van der Waals surface area contributed by atoms with Crippen molar-refractivity contribution in [3.05, 3.63) is 59.2 Å². The van der Waals surface area contributed by atoms with Crippen LogP contribution in [0.3, 0.4) is 0 Å². The van der Waals surface area contributed by atoms with E-state index >= 15 is 0 Å². The van der Waals surface area contributed by atoms with Crippen molar-refractivity contribution >= 4 is 16.0 Å². The Labute approximate surface area is 154 Å². The highest BCUT2D eigenvalue weighted by Gasteiger charge is 2.24. The van der Waals surface area contributed by atoms with Crippen LogP contribution in [-0.4, -0.2) is 39.5 Å². The summed E-state index contributed by atoms with van der Waals surface area (Å²) in [7, 11) is -1.02. The zero-order valence-electron chi connectivity index (χ0n) is 15.4. The molecule has 0 aliphatic rings. The molecule has 0 unspecified atom stereocenters. The molecule has 2 rings (SSSR count). The average Bonchev–Trinajstić information content (AvgIpc) is 2.63. The number of para-hydroxylation sites is 1. The van der Waals surface area contributed by atoms with Gasteiger partial charge in [-0.25, -0.2) is 13.2 Å². The van der Waals surface area contributed by atoms with Crippen molar-refractivity contribution in [2.45, 2.75) is 25.3 Å². The topological polar surface area (TPSA) is 72.9 Å². The Morgan fingerprint density at radius 1 is 1.15 bits per heavy atom. The predicted molar refractivity (Wildman–Crippen MR) is 98.8 cm³/mol. The Morgan fingerprint density at radius 3 is 2.50 bits per heavy atom. The van der Waals surface area contributed by atoms with E-state index in [0.29, 0.717) is 17.9 Å². The van der Waals surface area contributed by atoms with E-state index in [1.165, 1.54) is 30.6 Å². The molecular formula is C19H23NO5S. The molecule has 0 aliphatic heterocycles. The molecule has 0 fully saturated rings. The SMILES string of the molecule is CCOc1ccccc1CN(C)S(=O)(=O)c1ccc(C)c(C(=O)OC)c1. The van der Waals surface area contributed by atoms with Crippen LogP contribution in [0.5, 0.6) is 5.75 Å². The van der Waals surface area contributed by atoms with Gasteiger partial charge >= 0.3 is 5.97 Å². The molecule has 7 heteroatoms. The van der Waals surface area contributed by atoms with Crippen LogP contribution in [0.25, 0.3) is 0 Å². The van der Waals surface area contributed by atoms with Crippen LogP contribution in [0.2, 0.25) is 0 Å².